The number of rotatable bonds is 2. The van der Waals surface area contributed by atoms with Gasteiger partial charge in [0.2, 0.25) is 0 Å². The maximum absolute atomic E-state index is 12.8. The summed E-state index contributed by atoms with van der Waals surface area (Å²) in [5, 5.41) is 14.8. The number of benzene rings is 2. The van der Waals surface area contributed by atoms with E-state index in [0.29, 0.717) is 0 Å². The average Bonchev–Trinajstić information content (AvgIpc) is 3.18. The third kappa shape index (κ3) is 2.88. The molecule has 0 saturated heterocycles. The Bertz CT molecular complexity index is 1240. The van der Waals surface area contributed by atoms with Crippen LogP contribution in [0.4, 0.5) is 0 Å². The number of allylic oxidation sites excluding steroid dienone is 2. The summed E-state index contributed by atoms with van der Waals surface area (Å²) in [5.41, 5.74) is 6.46. The summed E-state index contributed by atoms with van der Waals surface area (Å²) in [6.07, 6.45) is 3.70. The van der Waals surface area contributed by atoms with Crippen molar-refractivity contribution in [2.75, 3.05) is 0 Å². The molecule has 1 heterocycles. The average molecular weight is 408 g/mol. The number of carbonyl (C=O) groups is 1. The zero-order valence-corrected chi connectivity index (χ0v) is 18.1. The van der Waals surface area contributed by atoms with Gasteiger partial charge in [-0.2, -0.15) is 10.4 Å². The number of nitrogens with zero attached hydrogens (tertiary/aromatic N) is 3. The van der Waals surface area contributed by atoms with Gasteiger partial charge in [-0.1, -0.05) is 68.0 Å². The Morgan fingerprint density at radius 1 is 1.13 bits per heavy atom. The van der Waals surface area contributed by atoms with Crippen LogP contribution in [0.2, 0.25) is 0 Å². The Balaban J connectivity index is 1.82. The van der Waals surface area contributed by atoms with Crippen molar-refractivity contribution >= 4 is 5.78 Å². The number of hydrogen-bond donors (Lipinski definition) is 0. The minimum Gasteiger partial charge on any atom is -0.293 e. The number of aryl methyl sites for hydroxylation is 1. The van der Waals surface area contributed by atoms with Crippen molar-refractivity contribution in [1.29, 1.82) is 5.26 Å². The second kappa shape index (κ2) is 7.06. The maximum Gasteiger partial charge on any atom is 0.176 e. The summed E-state index contributed by atoms with van der Waals surface area (Å²) in [4.78, 5) is 12.8. The molecule has 3 aromatic rings. The van der Waals surface area contributed by atoms with Crippen LogP contribution in [0.15, 0.2) is 66.2 Å². The molecule has 31 heavy (non-hydrogen) atoms. The maximum atomic E-state index is 12.8. The molecule has 0 aliphatic heterocycles. The SMILES string of the molecule is Cc1ccc(-n2nc(-c3ccccc3)c3c2[C@]2(C)C=C(C#N)C(=O)[C@H](C)[C@H]2CC3)cc1. The third-order valence-electron chi connectivity index (χ3n) is 7.14. The van der Waals surface area contributed by atoms with E-state index in [1.807, 2.05) is 31.2 Å². The summed E-state index contributed by atoms with van der Waals surface area (Å²) >= 11 is 0. The summed E-state index contributed by atoms with van der Waals surface area (Å²) in [5.74, 6) is -0.0634. The third-order valence-corrected chi connectivity index (χ3v) is 7.14. The number of Topliss-reactive ketones (excluding diaryl/α,β-unsaturated/α-hetero) is 1. The van der Waals surface area contributed by atoms with E-state index >= 15 is 0 Å². The van der Waals surface area contributed by atoms with Crippen LogP contribution in [0.3, 0.4) is 0 Å². The number of fused-ring (bicyclic) bond motifs is 3. The van der Waals surface area contributed by atoms with E-state index < -0.39 is 5.41 Å². The van der Waals surface area contributed by atoms with Crippen LogP contribution in [-0.2, 0) is 16.6 Å². The molecule has 2 aliphatic rings. The van der Waals surface area contributed by atoms with E-state index in [-0.39, 0.29) is 23.2 Å². The Kier molecular flexibility index (Phi) is 4.44. The van der Waals surface area contributed by atoms with Gasteiger partial charge in [0.1, 0.15) is 6.07 Å². The number of aromatic nitrogens is 2. The van der Waals surface area contributed by atoms with Gasteiger partial charge in [-0.25, -0.2) is 4.68 Å². The summed E-state index contributed by atoms with van der Waals surface area (Å²) < 4.78 is 2.05. The summed E-state index contributed by atoms with van der Waals surface area (Å²) in [7, 11) is 0. The van der Waals surface area contributed by atoms with E-state index in [1.165, 1.54) is 11.1 Å². The first kappa shape index (κ1) is 19.5. The van der Waals surface area contributed by atoms with Gasteiger partial charge in [-0.3, -0.25) is 4.79 Å². The summed E-state index contributed by atoms with van der Waals surface area (Å²) in [6, 6.07) is 20.8. The molecule has 3 atom stereocenters. The smallest absolute Gasteiger partial charge is 0.176 e. The molecule has 1 aromatic heterocycles. The van der Waals surface area contributed by atoms with Crippen LogP contribution >= 0.6 is 0 Å². The molecule has 0 radical (unpaired) electrons. The van der Waals surface area contributed by atoms with E-state index in [9.17, 15) is 10.1 Å². The molecule has 154 valence electrons. The normalized spacial score (nSPS) is 24.7. The fraction of sp³-hybridized carbons (Fsp3) is 0.296. The molecule has 0 fully saturated rings. The van der Waals surface area contributed by atoms with Crippen molar-refractivity contribution in [3.8, 4) is 23.0 Å². The lowest BCUT2D eigenvalue weighted by atomic mass is 9.57. The first-order valence-corrected chi connectivity index (χ1v) is 10.9. The molecule has 2 aliphatic carbocycles. The van der Waals surface area contributed by atoms with E-state index in [0.717, 1.165) is 35.5 Å². The van der Waals surface area contributed by atoms with Gasteiger partial charge in [-0.15, -0.1) is 0 Å². The predicted molar refractivity (Wildman–Crippen MR) is 121 cm³/mol. The molecule has 0 bridgehead atoms. The molecule has 0 unspecified atom stereocenters. The lowest BCUT2D eigenvalue weighted by molar-refractivity contribution is -0.121. The lowest BCUT2D eigenvalue weighted by Crippen LogP contribution is -2.46. The highest BCUT2D eigenvalue weighted by Crippen LogP contribution is 2.52. The molecule has 0 amide bonds. The fourth-order valence-corrected chi connectivity index (χ4v) is 5.55. The number of hydrogen-bond acceptors (Lipinski definition) is 3. The van der Waals surface area contributed by atoms with Crippen molar-refractivity contribution in [1.82, 2.24) is 9.78 Å². The minimum atomic E-state index is -0.434. The standard InChI is InChI=1S/C27H25N3O/c1-17-9-11-21(12-10-17)30-26-22(24(29-30)19-7-5-4-6-8-19)13-14-23-18(2)25(31)20(16-28)15-27(23,26)3/h4-12,15,18,23H,13-14H2,1-3H3/t18-,23-,27-/m1/s1. The highest BCUT2D eigenvalue weighted by atomic mass is 16.1. The monoisotopic (exact) mass is 407 g/mol. The van der Waals surface area contributed by atoms with Gasteiger partial charge in [0.15, 0.2) is 5.78 Å². The summed E-state index contributed by atoms with van der Waals surface area (Å²) in [6.45, 7) is 6.23. The zero-order valence-electron chi connectivity index (χ0n) is 18.1. The highest BCUT2D eigenvalue weighted by molar-refractivity contribution is 6.02. The molecule has 0 spiro atoms. The van der Waals surface area contributed by atoms with E-state index in [4.69, 9.17) is 5.10 Å². The predicted octanol–water partition coefficient (Wildman–Crippen LogP) is 5.34. The number of carbonyl (C=O) groups excluding carboxylic acids is 1. The first-order valence-electron chi connectivity index (χ1n) is 10.9. The topological polar surface area (TPSA) is 58.7 Å². The van der Waals surface area contributed by atoms with Crippen LogP contribution in [0.25, 0.3) is 16.9 Å². The zero-order chi connectivity index (χ0) is 21.8. The van der Waals surface area contributed by atoms with Gasteiger partial charge in [0.05, 0.1) is 22.6 Å². The van der Waals surface area contributed by atoms with Crippen LogP contribution in [-0.4, -0.2) is 15.6 Å². The molecule has 0 saturated carbocycles. The van der Waals surface area contributed by atoms with Crippen molar-refractivity contribution in [2.45, 2.75) is 39.0 Å². The fourth-order valence-electron chi connectivity index (χ4n) is 5.55. The largest absolute Gasteiger partial charge is 0.293 e. The molecule has 5 rings (SSSR count). The van der Waals surface area contributed by atoms with Crippen molar-refractivity contribution in [3.05, 3.63) is 83.1 Å². The van der Waals surface area contributed by atoms with Gasteiger partial charge < -0.3 is 0 Å². The van der Waals surface area contributed by atoms with Gasteiger partial charge in [-0.05, 0) is 37.8 Å². The van der Waals surface area contributed by atoms with E-state index in [1.54, 1.807) is 0 Å². The first-order chi connectivity index (χ1) is 14.9. The molecule has 2 aromatic carbocycles. The van der Waals surface area contributed by atoms with Crippen molar-refractivity contribution in [3.63, 3.8) is 0 Å². The second-order valence-corrected chi connectivity index (χ2v) is 9.04. The second-order valence-electron chi connectivity index (χ2n) is 9.04. The molecule has 0 N–H and O–H groups in total. The quantitative estimate of drug-likeness (QED) is 0.576. The van der Waals surface area contributed by atoms with Gasteiger partial charge >= 0.3 is 0 Å². The van der Waals surface area contributed by atoms with Crippen molar-refractivity contribution in [2.24, 2.45) is 11.8 Å². The minimum absolute atomic E-state index is 0.0295. The Labute approximate surface area is 182 Å². The van der Waals surface area contributed by atoms with Crippen LogP contribution in [0.5, 0.6) is 0 Å². The van der Waals surface area contributed by atoms with Gasteiger partial charge in [0.25, 0.3) is 0 Å². The van der Waals surface area contributed by atoms with Gasteiger partial charge in [0, 0.05) is 22.5 Å². The molecule has 4 nitrogen and oxygen atoms in total. The Morgan fingerprint density at radius 3 is 2.52 bits per heavy atom. The van der Waals surface area contributed by atoms with Crippen LogP contribution in [0, 0.1) is 30.1 Å². The van der Waals surface area contributed by atoms with Crippen LogP contribution < -0.4 is 0 Å². The molecular formula is C27H25N3O. The lowest BCUT2D eigenvalue weighted by Gasteiger charge is -2.45. The number of ketones is 1. The van der Waals surface area contributed by atoms with Crippen LogP contribution in [0.1, 0.15) is 37.1 Å². The number of nitriles is 1. The van der Waals surface area contributed by atoms with E-state index in [2.05, 4.69) is 61.0 Å². The Hall–Kier alpha value is -3.45. The van der Waals surface area contributed by atoms with Crippen molar-refractivity contribution < 1.29 is 4.79 Å². The Morgan fingerprint density at radius 2 is 1.84 bits per heavy atom. The molecule has 4 heteroatoms. The highest BCUT2D eigenvalue weighted by Gasteiger charge is 2.50. The molecular weight excluding hydrogens is 382 g/mol.